The predicted octanol–water partition coefficient (Wildman–Crippen LogP) is 17.5. The minimum Gasteiger partial charge on any atom is -0.310 e. The SMILES string of the molecule is CC.Cc1ccc(N(c2ccccc2)c2ccc3cc4c(cc3c2)C2(c3ccccc3-c3ccccc32)c2cc(N(c3ccccc3)c3ccc(C)c(C)c3)c3ccccc3c2-4)cc1C. The van der Waals surface area contributed by atoms with Crippen molar-refractivity contribution in [2.75, 3.05) is 9.80 Å². The first kappa shape index (κ1) is 40.1. The fraction of sp³-hybridized carbons (Fsp3) is 0.111. The van der Waals surface area contributed by atoms with Gasteiger partial charge in [0.05, 0.1) is 11.1 Å². The van der Waals surface area contributed by atoms with E-state index >= 15 is 0 Å². The van der Waals surface area contributed by atoms with E-state index in [2.05, 4.69) is 244 Å². The maximum absolute atomic E-state index is 2.55. The minimum atomic E-state index is -0.556. The third-order valence-electron chi connectivity index (χ3n) is 14.0. The molecule has 0 bridgehead atoms. The highest BCUT2D eigenvalue weighted by atomic mass is 15.1. The van der Waals surface area contributed by atoms with Gasteiger partial charge in [0, 0.05) is 33.8 Å². The molecule has 0 N–H and O–H groups in total. The lowest BCUT2D eigenvalue weighted by molar-refractivity contribution is 0.795. The van der Waals surface area contributed by atoms with E-state index in [4.69, 9.17) is 0 Å². The van der Waals surface area contributed by atoms with E-state index in [9.17, 15) is 0 Å². The summed E-state index contributed by atoms with van der Waals surface area (Å²) >= 11 is 0. The number of para-hydroxylation sites is 2. The highest BCUT2D eigenvalue weighted by Gasteiger charge is 2.52. The number of aryl methyl sites for hydroxylation is 4. The first-order chi connectivity index (χ1) is 31.9. The molecule has 10 aromatic rings. The van der Waals surface area contributed by atoms with Crippen LogP contribution in [0.5, 0.6) is 0 Å². The van der Waals surface area contributed by atoms with Gasteiger partial charge >= 0.3 is 0 Å². The molecule has 12 rings (SSSR count). The number of rotatable bonds is 6. The summed E-state index contributed by atoms with van der Waals surface area (Å²) in [5.74, 6) is 0. The topological polar surface area (TPSA) is 6.48 Å². The Morgan fingerprint density at radius 3 is 1.40 bits per heavy atom. The molecule has 0 aromatic heterocycles. The molecule has 0 unspecified atom stereocenters. The van der Waals surface area contributed by atoms with Crippen molar-refractivity contribution in [3.8, 4) is 22.3 Å². The van der Waals surface area contributed by atoms with Gasteiger partial charge in [-0.15, -0.1) is 0 Å². The Morgan fingerprint density at radius 1 is 0.308 bits per heavy atom. The standard InChI is InChI=1S/C61H46N2.C2H6/c1-39-27-30-47(33-41(39)3)62(45-17-7-5-8-18-45)49-32-29-43-36-54-57(37-44(43)35-49)61(55-25-15-13-21-50(55)51-22-14-16-26-56(51)61)58-38-59(52-23-11-12-24-53(52)60(54)58)63(46-19-9-6-10-20-46)48-31-28-40(2)42(4)34-48;1-2/h5-38H,1-4H3;1-2H3. The minimum absolute atomic E-state index is 0.556. The first-order valence-corrected chi connectivity index (χ1v) is 23.1. The number of hydrogen-bond donors (Lipinski definition) is 0. The van der Waals surface area contributed by atoms with E-state index in [1.165, 1.54) is 94.0 Å². The van der Waals surface area contributed by atoms with Crippen LogP contribution in [0.15, 0.2) is 206 Å². The van der Waals surface area contributed by atoms with Crippen LogP contribution >= 0.6 is 0 Å². The molecule has 1 spiro atoms. The van der Waals surface area contributed by atoms with E-state index in [1.54, 1.807) is 0 Å². The van der Waals surface area contributed by atoms with Gasteiger partial charge in [-0.25, -0.2) is 0 Å². The van der Waals surface area contributed by atoms with Crippen molar-refractivity contribution in [3.05, 3.63) is 251 Å². The third kappa shape index (κ3) is 6.15. The maximum atomic E-state index is 2.55. The predicted molar refractivity (Wildman–Crippen MR) is 277 cm³/mol. The molecule has 2 aliphatic carbocycles. The van der Waals surface area contributed by atoms with E-state index in [1.807, 2.05) is 13.8 Å². The largest absolute Gasteiger partial charge is 0.310 e. The molecule has 0 fully saturated rings. The normalized spacial score (nSPS) is 12.6. The summed E-state index contributed by atoms with van der Waals surface area (Å²) in [7, 11) is 0. The second kappa shape index (κ2) is 15.8. The maximum Gasteiger partial charge on any atom is 0.0726 e. The molecule has 0 aliphatic heterocycles. The third-order valence-corrected chi connectivity index (χ3v) is 14.0. The summed E-state index contributed by atoms with van der Waals surface area (Å²) in [6, 6.07) is 77.3. The zero-order valence-electron chi connectivity index (χ0n) is 38.0. The Kier molecular flexibility index (Phi) is 9.78. The quantitative estimate of drug-likeness (QED) is 0.165. The van der Waals surface area contributed by atoms with Gasteiger partial charge < -0.3 is 9.80 Å². The average Bonchev–Trinajstić information content (AvgIpc) is 3.81. The van der Waals surface area contributed by atoms with Crippen LogP contribution in [0, 0.1) is 27.7 Å². The van der Waals surface area contributed by atoms with Crippen molar-refractivity contribution in [1.29, 1.82) is 0 Å². The fourth-order valence-electron chi connectivity index (χ4n) is 10.8. The van der Waals surface area contributed by atoms with Crippen LogP contribution in [0.3, 0.4) is 0 Å². The lowest BCUT2D eigenvalue weighted by Gasteiger charge is -2.33. The molecular formula is C63H52N2. The molecule has 0 saturated heterocycles. The Labute approximate surface area is 383 Å². The van der Waals surface area contributed by atoms with Crippen LogP contribution in [0.4, 0.5) is 34.1 Å². The molecule has 0 amide bonds. The Bertz CT molecular complexity index is 3410. The summed E-state index contributed by atoms with van der Waals surface area (Å²) < 4.78 is 0. The highest BCUT2D eigenvalue weighted by molar-refractivity contribution is 6.13. The monoisotopic (exact) mass is 836 g/mol. The molecule has 65 heavy (non-hydrogen) atoms. The summed E-state index contributed by atoms with van der Waals surface area (Å²) in [5.41, 5.74) is 22.0. The van der Waals surface area contributed by atoms with E-state index in [0.717, 1.165) is 28.4 Å². The zero-order chi connectivity index (χ0) is 44.4. The second-order valence-corrected chi connectivity index (χ2v) is 17.5. The van der Waals surface area contributed by atoms with Crippen LogP contribution in [0.25, 0.3) is 43.8 Å². The van der Waals surface area contributed by atoms with Gasteiger partial charge in [-0.2, -0.15) is 0 Å². The average molecular weight is 837 g/mol. The summed E-state index contributed by atoms with van der Waals surface area (Å²) in [4.78, 5) is 4.88. The summed E-state index contributed by atoms with van der Waals surface area (Å²) in [6.45, 7) is 12.8. The number of fused-ring (bicyclic) bond motifs is 13. The van der Waals surface area contributed by atoms with Crippen LogP contribution in [-0.4, -0.2) is 0 Å². The van der Waals surface area contributed by atoms with Gasteiger partial charge in [0.1, 0.15) is 0 Å². The van der Waals surface area contributed by atoms with Gasteiger partial charge in [0.2, 0.25) is 0 Å². The zero-order valence-corrected chi connectivity index (χ0v) is 38.0. The van der Waals surface area contributed by atoms with Crippen molar-refractivity contribution in [1.82, 2.24) is 0 Å². The number of benzene rings is 10. The van der Waals surface area contributed by atoms with Gasteiger partial charge in [0.25, 0.3) is 0 Å². The Balaban J connectivity index is 0.00000231. The number of nitrogens with zero attached hydrogens (tertiary/aromatic N) is 2. The molecule has 0 saturated carbocycles. The van der Waals surface area contributed by atoms with Crippen molar-refractivity contribution in [2.45, 2.75) is 47.0 Å². The molecule has 10 aromatic carbocycles. The van der Waals surface area contributed by atoms with Gasteiger partial charge in [0.15, 0.2) is 0 Å². The van der Waals surface area contributed by atoms with Crippen molar-refractivity contribution < 1.29 is 0 Å². The van der Waals surface area contributed by atoms with Crippen molar-refractivity contribution in [2.24, 2.45) is 0 Å². The molecule has 0 atom stereocenters. The summed E-state index contributed by atoms with van der Waals surface area (Å²) in [5, 5.41) is 4.93. The molecule has 0 radical (unpaired) electrons. The Hall–Kier alpha value is -7.68. The lowest BCUT2D eigenvalue weighted by Crippen LogP contribution is -2.26. The molecule has 2 heteroatoms. The van der Waals surface area contributed by atoms with Crippen molar-refractivity contribution >= 4 is 55.7 Å². The Morgan fingerprint density at radius 2 is 0.800 bits per heavy atom. The van der Waals surface area contributed by atoms with Crippen LogP contribution < -0.4 is 9.80 Å². The molecule has 0 heterocycles. The number of hydrogen-bond acceptors (Lipinski definition) is 2. The first-order valence-electron chi connectivity index (χ1n) is 23.1. The van der Waals surface area contributed by atoms with Gasteiger partial charge in [-0.3, -0.25) is 0 Å². The van der Waals surface area contributed by atoms with E-state index in [0.29, 0.717) is 0 Å². The second-order valence-electron chi connectivity index (χ2n) is 17.5. The van der Waals surface area contributed by atoms with Crippen LogP contribution in [0.1, 0.15) is 58.4 Å². The molecular weight excluding hydrogens is 785 g/mol. The fourth-order valence-corrected chi connectivity index (χ4v) is 10.8. The van der Waals surface area contributed by atoms with Gasteiger partial charge in [-0.05, 0) is 189 Å². The lowest BCUT2D eigenvalue weighted by atomic mass is 9.70. The van der Waals surface area contributed by atoms with Crippen LogP contribution in [-0.2, 0) is 5.41 Å². The smallest absolute Gasteiger partial charge is 0.0726 e. The van der Waals surface area contributed by atoms with Crippen LogP contribution in [0.2, 0.25) is 0 Å². The molecule has 2 nitrogen and oxygen atoms in total. The summed E-state index contributed by atoms with van der Waals surface area (Å²) in [6.07, 6.45) is 0. The number of anilines is 6. The highest BCUT2D eigenvalue weighted by Crippen LogP contribution is 2.65. The molecule has 2 aliphatic rings. The molecule has 314 valence electrons. The van der Waals surface area contributed by atoms with Crippen molar-refractivity contribution in [3.63, 3.8) is 0 Å². The van der Waals surface area contributed by atoms with E-state index in [-0.39, 0.29) is 0 Å². The van der Waals surface area contributed by atoms with Gasteiger partial charge in [-0.1, -0.05) is 141 Å². The van der Waals surface area contributed by atoms with E-state index < -0.39 is 5.41 Å².